The quantitative estimate of drug-likeness (QED) is 0.860. The Hall–Kier alpha value is -1.29. The molecule has 0 unspecified atom stereocenters. The van der Waals surface area contributed by atoms with Gasteiger partial charge in [0.2, 0.25) is 0 Å². The van der Waals surface area contributed by atoms with Crippen molar-refractivity contribution in [3.05, 3.63) is 46.0 Å². The summed E-state index contributed by atoms with van der Waals surface area (Å²) in [5, 5.41) is 0. The Kier molecular flexibility index (Phi) is 3.01. The number of rotatable bonds is 2. The fourth-order valence-corrected chi connectivity index (χ4v) is 1.84. The van der Waals surface area contributed by atoms with Crippen LogP contribution in [0.3, 0.4) is 0 Å². The molecule has 4 heteroatoms. The van der Waals surface area contributed by atoms with E-state index in [0.717, 1.165) is 22.4 Å². The highest BCUT2D eigenvalue weighted by molar-refractivity contribution is 9.10. The molecule has 16 heavy (non-hydrogen) atoms. The summed E-state index contributed by atoms with van der Waals surface area (Å²) < 4.78 is 3.06. The average Bonchev–Trinajstić information content (AvgIpc) is 2.55. The minimum atomic E-state index is 0.770. The molecule has 0 bridgehead atoms. The summed E-state index contributed by atoms with van der Waals surface area (Å²) in [5.74, 6) is 0. The van der Waals surface area contributed by atoms with Gasteiger partial charge in [-0.3, -0.25) is 0 Å². The molecule has 0 spiro atoms. The molecule has 2 N–H and O–H groups in total. The number of hydrogen-bond donors (Lipinski definition) is 1. The lowest BCUT2D eigenvalue weighted by Gasteiger charge is -2.07. The molecule has 0 aliphatic rings. The van der Waals surface area contributed by atoms with Crippen molar-refractivity contribution in [2.45, 2.75) is 20.4 Å². The van der Waals surface area contributed by atoms with Crippen molar-refractivity contribution >= 4 is 21.6 Å². The number of imidazole rings is 1. The molecular formula is C12H14BrN3. The number of nitrogen functional groups attached to an aromatic ring is 1. The Balaban J connectivity index is 2.27. The normalized spacial score (nSPS) is 10.7. The second-order valence-corrected chi connectivity index (χ2v) is 4.75. The van der Waals surface area contributed by atoms with Gasteiger partial charge in [-0.1, -0.05) is 6.07 Å². The second kappa shape index (κ2) is 4.29. The van der Waals surface area contributed by atoms with E-state index in [4.69, 9.17) is 5.73 Å². The van der Waals surface area contributed by atoms with Gasteiger partial charge in [-0.05, 0) is 47.5 Å². The van der Waals surface area contributed by atoms with Gasteiger partial charge < -0.3 is 10.3 Å². The molecule has 0 saturated heterocycles. The van der Waals surface area contributed by atoms with Crippen LogP contribution >= 0.6 is 15.9 Å². The van der Waals surface area contributed by atoms with Gasteiger partial charge in [0.15, 0.2) is 0 Å². The number of hydrogen-bond acceptors (Lipinski definition) is 2. The maximum absolute atomic E-state index is 5.85. The van der Waals surface area contributed by atoms with E-state index in [1.165, 1.54) is 11.3 Å². The Labute approximate surface area is 103 Å². The van der Waals surface area contributed by atoms with E-state index in [1.54, 1.807) is 0 Å². The van der Waals surface area contributed by atoms with Crippen LogP contribution in [0.1, 0.15) is 17.0 Å². The Morgan fingerprint density at radius 2 is 2.12 bits per heavy atom. The van der Waals surface area contributed by atoms with E-state index in [0.29, 0.717) is 0 Å². The van der Waals surface area contributed by atoms with Crippen LogP contribution in [-0.4, -0.2) is 9.55 Å². The van der Waals surface area contributed by atoms with E-state index in [1.807, 2.05) is 25.4 Å². The van der Waals surface area contributed by atoms with Crippen molar-refractivity contribution in [2.75, 3.05) is 5.73 Å². The lowest BCUT2D eigenvalue weighted by molar-refractivity contribution is 0.769. The molecule has 0 aliphatic heterocycles. The van der Waals surface area contributed by atoms with Crippen LogP contribution < -0.4 is 5.73 Å². The van der Waals surface area contributed by atoms with Crippen LogP contribution in [0.2, 0.25) is 0 Å². The van der Waals surface area contributed by atoms with Crippen LogP contribution in [0.4, 0.5) is 5.69 Å². The van der Waals surface area contributed by atoms with Crippen molar-refractivity contribution in [1.29, 1.82) is 0 Å². The molecule has 0 atom stereocenters. The zero-order valence-electron chi connectivity index (χ0n) is 9.37. The zero-order chi connectivity index (χ0) is 11.7. The van der Waals surface area contributed by atoms with Gasteiger partial charge in [0.25, 0.3) is 0 Å². The van der Waals surface area contributed by atoms with Gasteiger partial charge in [0.05, 0.1) is 12.0 Å². The van der Waals surface area contributed by atoms with Crippen molar-refractivity contribution in [3.8, 4) is 0 Å². The topological polar surface area (TPSA) is 43.8 Å². The first-order valence-electron chi connectivity index (χ1n) is 5.10. The molecule has 3 nitrogen and oxygen atoms in total. The monoisotopic (exact) mass is 279 g/mol. The summed E-state index contributed by atoms with van der Waals surface area (Å²) in [7, 11) is 0. The van der Waals surface area contributed by atoms with Gasteiger partial charge in [-0.15, -0.1) is 0 Å². The summed E-state index contributed by atoms with van der Waals surface area (Å²) in [5.41, 5.74) is 10.1. The first kappa shape index (κ1) is 11.2. The van der Waals surface area contributed by atoms with Crippen molar-refractivity contribution in [3.63, 3.8) is 0 Å². The Bertz CT molecular complexity index is 517. The van der Waals surface area contributed by atoms with Gasteiger partial charge in [0.1, 0.15) is 0 Å². The van der Waals surface area contributed by atoms with E-state index in [2.05, 4.69) is 38.5 Å². The van der Waals surface area contributed by atoms with Crippen LogP contribution in [0.15, 0.2) is 29.0 Å². The van der Waals surface area contributed by atoms with E-state index in [9.17, 15) is 0 Å². The number of anilines is 1. The first-order valence-corrected chi connectivity index (χ1v) is 5.89. The molecule has 2 rings (SSSR count). The summed E-state index contributed by atoms with van der Waals surface area (Å²) >= 11 is 3.39. The number of aromatic nitrogens is 2. The molecule has 0 radical (unpaired) electrons. The van der Waals surface area contributed by atoms with E-state index >= 15 is 0 Å². The molecule has 1 heterocycles. The van der Waals surface area contributed by atoms with Crippen LogP contribution in [0, 0.1) is 13.8 Å². The lowest BCUT2D eigenvalue weighted by Crippen LogP contribution is -2.01. The van der Waals surface area contributed by atoms with E-state index in [-0.39, 0.29) is 0 Å². The minimum Gasteiger partial charge on any atom is -0.398 e. The molecule has 0 saturated carbocycles. The third kappa shape index (κ3) is 2.11. The van der Waals surface area contributed by atoms with Crippen LogP contribution in [0.5, 0.6) is 0 Å². The number of benzene rings is 1. The molecule has 0 amide bonds. The van der Waals surface area contributed by atoms with Crippen molar-refractivity contribution in [2.24, 2.45) is 0 Å². The maximum Gasteiger partial charge on any atom is 0.0954 e. The highest BCUT2D eigenvalue weighted by atomic mass is 79.9. The molecule has 0 fully saturated rings. The van der Waals surface area contributed by atoms with Crippen LogP contribution in [-0.2, 0) is 6.54 Å². The smallest absolute Gasteiger partial charge is 0.0954 e. The number of nitrogens with two attached hydrogens (primary N) is 1. The van der Waals surface area contributed by atoms with Crippen LogP contribution in [0.25, 0.3) is 0 Å². The zero-order valence-corrected chi connectivity index (χ0v) is 11.0. The maximum atomic E-state index is 5.85. The van der Waals surface area contributed by atoms with Gasteiger partial charge in [-0.2, -0.15) is 0 Å². The van der Waals surface area contributed by atoms with Gasteiger partial charge in [-0.25, -0.2) is 4.98 Å². The highest BCUT2D eigenvalue weighted by Crippen LogP contribution is 2.21. The summed E-state index contributed by atoms with van der Waals surface area (Å²) in [6.07, 6.45) is 1.86. The Morgan fingerprint density at radius 1 is 1.38 bits per heavy atom. The van der Waals surface area contributed by atoms with Gasteiger partial charge in [0, 0.05) is 22.4 Å². The number of halogens is 1. The fourth-order valence-electron chi connectivity index (χ4n) is 1.59. The standard InChI is InChI=1S/C12H14BrN3/c1-8-9(2)16(7-15-8)6-10-3-4-11(13)12(14)5-10/h3-5,7H,6,14H2,1-2H3. The third-order valence-electron chi connectivity index (χ3n) is 2.76. The van der Waals surface area contributed by atoms with E-state index < -0.39 is 0 Å². The SMILES string of the molecule is Cc1ncn(Cc2ccc(Br)c(N)c2)c1C. The summed E-state index contributed by atoms with van der Waals surface area (Å²) in [6.45, 7) is 4.90. The summed E-state index contributed by atoms with van der Waals surface area (Å²) in [6, 6.07) is 6.03. The summed E-state index contributed by atoms with van der Waals surface area (Å²) in [4.78, 5) is 4.27. The Morgan fingerprint density at radius 3 is 2.69 bits per heavy atom. The van der Waals surface area contributed by atoms with Gasteiger partial charge >= 0.3 is 0 Å². The van der Waals surface area contributed by atoms with Crippen molar-refractivity contribution < 1.29 is 0 Å². The molecule has 0 aliphatic carbocycles. The first-order chi connectivity index (χ1) is 7.58. The molecule has 1 aromatic heterocycles. The fraction of sp³-hybridized carbons (Fsp3) is 0.250. The third-order valence-corrected chi connectivity index (χ3v) is 3.48. The molecular weight excluding hydrogens is 266 g/mol. The molecule has 2 aromatic rings. The highest BCUT2D eigenvalue weighted by Gasteiger charge is 2.03. The number of nitrogens with zero attached hydrogens (tertiary/aromatic N) is 2. The number of aryl methyl sites for hydroxylation is 1. The lowest BCUT2D eigenvalue weighted by atomic mass is 10.2. The largest absolute Gasteiger partial charge is 0.398 e. The molecule has 84 valence electrons. The predicted octanol–water partition coefficient (Wildman–Crippen LogP) is 2.89. The van der Waals surface area contributed by atoms with Crippen molar-refractivity contribution in [1.82, 2.24) is 9.55 Å². The predicted molar refractivity (Wildman–Crippen MR) is 69.4 cm³/mol. The minimum absolute atomic E-state index is 0.770. The second-order valence-electron chi connectivity index (χ2n) is 3.90. The molecule has 1 aromatic carbocycles. The average molecular weight is 280 g/mol.